The second kappa shape index (κ2) is 9.90. The molecule has 0 saturated carbocycles. The molecule has 25 heavy (non-hydrogen) atoms. The molecule has 2 rings (SSSR count). The average molecular weight is 361 g/mol. The minimum Gasteiger partial charge on any atom is -0.381 e. The lowest BCUT2D eigenvalue weighted by molar-refractivity contribution is -0.126. The monoisotopic (exact) mass is 361 g/mol. The van der Waals surface area contributed by atoms with Crippen LogP contribution in [0, 0.1) is 0 Å². The van der Waals surface area contributed by atoms with Gasteiger partial charge in [-0.15, -0.1) is 11.3 Å². The van der Waals surface area contributed by atoms with Crippen LogP contribution in [-0.2, 0) is 33.8 Å². The highest BCUT2D eigenvalue weighted by molar-refractivity contribution is 7.11. The van der Waals surface area contributed by atoms with Gasteiger partial charge in [0.05, 0.1) is 25.4 Å². The highest BCUT2D eigenvalue weighted by Crippen LogP contribution is 2.25. The Morgan fingerprint density at radius 2 is 2.20 bits per heavy atom. The minimum atomic E-state index is -0.170. The van der Waals surface area contributed by atoms with E-state index in [1.807, 2.05) is 24.0 Å². The van der Waals surface area contributed by atoms with Crippen molar-refractivity contribution in [1.29, 1.82) is 0 Å². The zero-order chi connectivity index (χ0) is 18.1. The van der Waals surface area contributed by atoms with E-state index in [0.717, 1.165) is 22.0 Å². The van der Waals surface area contributed by atoms with Crippen LogP contribution in [0.4, 0.5) is 0 Å². The van der Waals surface area contributed by atoms with Crippen LogP contribution in [0.25, 0.3) is 0 Å². The number of ether oxygens (including phenoxy) is 1. The van der Waals surface area contributed by atoms with E-state index in [4.69, 9.17) is 4.74 Å². The van der Waals surface area contributed by atoms with E-state index in [0.29, 0.717) is 26.2 Å². The largest absolute Gasteiger partial charge is 0.381 e. The van der Waals surface area contributed by atoms with Gasteiger partial charge >= 0.3 is 0 Å². The van der Waals surface area contributed by atoms with Gasteiger partial charge in [-0.2, -0.15) is 0 Å². The van der Waals surface area contributed by atoms with E-state index >= 15 is 0 Å². The molecule has 0 fully saturated rings. The molecule has 0 atom stereocenters. The number of rotatable bonds is 7. The molecular formula is C18H23N3O3S. The highest BCUT2D eigenvalue weighted by Gasteiger charge is 2.22. The summed E-state index contributed by atoms with van der Waals surface area (Å²) in [5, 5.41) is 3.66. The number of methoxy groups -OCH3 is 1. The fourth-order valence-corrected chi connectivity index (χ4v) is 3.41. The lowest BCUT2D eigenvalue weighted by atomic mass is 10.2. The molecule has 0 aliphatic carbocycles. The molecule has 0 spiro atoms. The van der Waals surface area contributed by atoms with Crippen molar-refractivity contribution in [3.8, 4) is 0 Å². The fraction of sp³-hybridized carbons (Fsp3) is 0.389. The molecule has 0 radical (unpaired) electrons. The van der Waals surface area contributed by atoms with Gasteiger partial charge in [-0.3, -0.25) is 9.59 Å². The molecule has 1 aromatic heterocycles. The number of carbonyl (C=O) groups excluding carboxylic acids is 2. The molecule has 0 saturated heterocycles. The lowest BCUT2D eigenvalue weighted by Gasteiger charge is -2.24. The van der Waals surface area contributed by atoms with Crippen LogP contribution in [0.5, 0.6) is 0 Å². The molecule has 1 N–H and O–H groups in total. The number of nitrogens with zero attached hydrogens (tertiary/aromatic N) is 2. The number of aromatic nitrogens is 1. The van der Waals surface area contributed by atoms with Gasteiger partial charge in [-0.1, -0.05) is 24.3 Å². The summed E-state index contributed by atoms with van der Waals surface area (Å²) in [5.41, 5.74) is 1.03. The normalized spacial score (nSPS) is 14.6. The third kappa shape index (κ3) is 5.95. The van der Waals surface area contributed by atoms with Crippen LogP contribution in [0.15, 0.2) is 36.5 Å². The van der Waals surface area contributed by atoms with E-state index in [-0.39, 0.29) is 11.8 Å². The van der Waals surface area contributed by atoms with Crippen LogP contribution >= 0.6 is 11.3 Å². The van der Waals surface area contributed by atoms with Gasteiger partial charge in [0.25, 0.3) is 0 Å². The molecule has 2 heterocycles. The Morgan fingerprint density at radius 1 is 1.36 bits per heavy atom. The smallest absolute Gasteiger partial charge is 0.246 e. The third-order valence-electron chi connectivity index (χ3n) is 3.58. The summed E-state index contributed by atoms with van der Waals surface area (Å²) in [4.78, 5) is 31.3. The van der Waals surface area contributed by atoms with Crippen LogP contribution in [0.2, 0.25) is 0 Å². The van der Waals surface area contributed by atoms with Crippen molar-refractivity contribution in [3.63, 3.8) is 0 Å². The van der Waals surface area contributed by atoms with Crippen molar-refractivity contribution in [2.45, 2.75) is 26.4 Å². The summed E-state index contributed by atoms with van der Waals surface area (Å²) in [6, 6.07) is 0. The average Bonchev–Trinajstić information content (AvgIpc) is 3.02. The van der Waals surface area contributed by atoms with Gasteiger partial charge in [0.15, 0.2) is 0 Å². The van der Waals surface area contributed by atoms with Crippen molar-refractivity contribution >= 4 is 23.2 Å². The number of amides is 2. The number of nitrogens with one attached hydrogen (secondary N) is 1. The molecular weight excluding hydrogens is 338 g/mol. The Kier molecular flexibility index (Phi) is 7.56. The van der Waals surface area contributed by atoms with E-state index in [2.05, 4.69) is 10.3 Å². The summed E-state index contributed by atoms with van der Waals surface area (Å²) in [6.07, 6.45) is 10.9. The van der Waals surface area contributed by atoms with Crippen molar-refractivity contribution < 1.29 is 14.3 Å². The molecule has 1 aromatic rings. The van der Waals surface area contributed by atoms with Gasteiger partial charge in [0, 0.05) is 37.1 Å². The fourth-order valence-electron chi connectivity index (χ4n) is 2.34. The number of hydrogen-bond donors (Lipinski definition) is 1. The Hall–Kier alpha value is -2.25. The SMILES string of the molecule is C/C=C/C=C/C(=O)N1CCc2nc(CNC(=O)/C=C/COC)sc2C1. The second-order valence-corrected chi connectivity index (χ2v) is 6.62. The number of fused-ring (bicyclic) bond motifs is 1. The minimum absolute atomic E-state index is 0.00952. The second-order valence-electron chi connectivity index (χ2n) is 5.45. The molecule has 1 aliphatic rings. The summed E-state index contributed by atoms with van der Waals surface area (Å²) in [5.74, 6) is -0.161. The molecule has 0 unspecified atom stereocenters. The van der Waals surface area contributed by atoms with Crippen LogP contribution in [-0.4, -0.2) is 42.0 Å². The van der Waals surface area contributed by atoms with E-state index < -0.39 is 0 Å². The van der Waals surface area contributed by atoms with Gasteiger partial charge in [0.2, 0.25) is 11.8 Å². The Labute approximate surface area is 151 Å². The van der Waals surface area contributed by atoms with Gasteiger partial charge < -0.3 is 15.0 Å². The predicted octanol–water partition coefficient (Wildman–Crippen LogP) is 1.98. The topological polar surface area (TPSA) is 71.5 Å². The number of hydrogen-bond acceptors (Lipinski definition) is 5. The van der Waals surface area contributed by atoms with Crippen molar-refractivity contribution in [3.05, 3.63) is 52.0 Å². The van der Waals surface area contributed by atoms with E-state index in [1.165, 1.54) is 6.08 Å². The zero-order valence-electron chi connectivity index (χ0n) is 14.5. The van der Waals surface area contributed by atoms with Crippen molar-refractivity contribution in [2.75, 3.05) is 20.3 Å². The maximum atomic E-state index is 12.1. The summed E-state index contributed by atoms with van der Waals surface area (Å²) >= 11 is 1.55. The van der Waals surface area contributed by atoms with Gasteiger partial charge in [0.1, 0.15) is 5.01 Å². The van der Waals surface area contributed by atoms with Crippen molar-refractivity contribution in [2.24, 2.45) is 0 Å². The van der Waals surface area contributed by atoms with E-state index in [9.17, 15) is 9.59 Å². The quantitative estimate of drug-likeness (QED) is 0.595. The molecule has 2 amide bonds. The third-order valence-corrected chi connectivity index (χ3v) is 4.66. The standard InChI is InChI=1S/C18H23N3O3S/c1-3-4-5-8-18(23)21-10-9-14-15(13-21)25-17(20-14)12-19-16(22)7-6-11-24-2/h3-8H,9-13H2,1-2H3,(H,19,22)/b4-3+,7-6+,8-5+. The Morgan fingerprint density at radius 3 is 2.96 bits per heavy atom. The Balaban J connectivity index is 1.90. The Bertz CT molecular complexity index is 692. The first kappa shape index (κ1) is 19.1. The first-order valence-electron chi connectivity index (χ1n) is 8.13. The molecule has 6 nitrogen and oxygen atoms in total. The zero-order valence-corrected chi connectivity index (χ0v) is 15.3. The molecule has 7 heteroatoms. The predicted molar refractivity (Wildman–Crippen MR) is 98.1 cm³/mol. The molecule has 134 valence electrons. The maximum Gasteiger partial charge on any atom is 0.246 e. The van der Waals surface area contributed by atoms with Gasteiger partial charge in [-0.25, -0.2) is 4.98 Å². The highest BCUT2D eigenvalue weighted by atomic mass is 32.1. The van der Waals surface area contributed by atoms with Crippen LogP contribution in [0.3, 0.4) is 0 Å². The first-order chi connectivity index (χ1) is 12.1. The van der Waals surface area contributed by atoms with Gasteiger partial charge in [-0.05, 0) is 6.92 Å². The summed E-state index contributed by atoms with van der Waals surface area (Å²) in [7, 11) is 1.58. The maximum absolute atomic E-state index is 12.1. The number of carbonyl (C=O) groups is 2. The number of thiazole rings is 1. The van der Waals surface area contributed by atoms with Crippen molar-refractivity contribution in [1.82, 2.24) is 15.2 Å². The summed E-state index contributed by atoms with van der Waals surface area (Å²) in [6.45, 7) is 3.95. The van der Waals surface area contributed by atoms with Crippen LogP contribution < -0.4 is 5.32 Å². The molecule has 0 aromatic carbocycles. The first-order valence-corrected chi connectivity index (χ1v) is 8.94. The molecule has 0 bridgehead atoms. The number of allylic oxidation sites excluding steroid dienone is 3. The van der Waals surface area contributed by atoms with Crippen LogP contribution in [0.1, 0.15) is 22.5 Å². The summed E-state index contributed by atoms with van der Waals surface area (Å²) < 4.78 is 4.85. The van der Waals surface area contributed by atoms with E-state index in [1.54, 1.807) is 36.7 Å². The molecule has 1 aliphatic heterocycles. The lowest BCUT2D eigenvalue weighted by Crippen LogP contribution is -2.34.